The number of primary amides is 1. The van der Waals surface area contributed by atoms with E-state index in [1.165, 1.54) is 6.07 Å². The zero-order valence-corrected chi connectivity index (χ0v) is 15.1. The highest BCUT2D eigenvalue weighted by molar-refractivity contribution is 6.31. The minimum atomic E-state index is -4.66. The van der Waals surface area contributed by atoms with Crippen LogP contribution in [0.4, 0.5) is 23.7 Å². The summed E-state index contributed by atoms with van der Waals surface area (Å²) in [5.41, 5.74) is 4.54. The zero-order valence-electron chi connectivity index (χ0n) is 13.6. The number of hydrogen-bond donors (Lipinski definition) is 3. The molecule has 4 N–H and O–H groups in total. The van der Waals surface area contributed by atoms with Crippen molar-refractivity contribution in [3.05, 3.63) is 63.6 Å². The first-order chi connectivity index (χ1) is 12.6. The summed E-state index contributed by atoms with van der Waals surface area (Å²) in [6, 6.07) is 7.72. The molecule has 0 unspecified atom stereocenters. The Morgan fingerprint density at radius 1 is 1.07 bits per heavy atom. The van der Waals surface area contributed by atoms with Crippen molar-refractivity contribution in [3.63, 3.8) is 0 Å². The average Bonchev–Trinajstić information content (AvgIpc) is 2.55. The van der Waals surface area contributed by atoms with Crippen LogP contribution in [0.1, 0.15) is 23.6 Å². The Balaban J connectivity index is 2.16. The standard InChI is InChI=1S/C17H14Cl2F3N3O2/c18-10-3-1-9(2-4-10)14(25-16(23)27)8-15(26)24-11-5-6-13(19)12(7-11)17(20,21)22/h1-7,14H,8H2,(H,24,26)(H3,23,25,27)/t14-/m0/s1. The minimum Gasteiger partial charge on any atom is -0.352 e. The first-order valence-corrected chi connectivity index (χ1v) is 8.30. The number of hydrogen-bond acceptors (Lipinski definition) is 2. The van der Waals surface area contributed by atoms with Crippen LogP contribution in [0, 0.1) is 0 Å². The molecule has 144 valence electrons. The van der Waals surface area contributed by atoms with Gasteiger partial charge in [0.1, 0.15) is 0 Å². The second kappa shape index (κ2) is 8.49. The van der Waals surface area contributed by atoms with Crippen molar-refractivity contribution in [1.82, 2.24) is 5.32 Å². The van der Waals surface area contributed by atoms with Gasteiger partial charge in [-0.25, -0.2) is 4.79 Å². The molecule has 1 atom stereocenters. The second-order valence-corrected chi connectivity index (χ2v) is 6.40. The van der Waals surface area contributed by atoms with Crippen molar-refractivity contribution in [2.75, 3.05) is 5.32 Å². The monoisotopic (exact) mass is 419 g/mol. The molecule has 0 bridgehead atoms. The molecule has 5 nitrogen and oxygen atoms in total. The molecule has 2 aromatic carbocycles. The van der Waals surface area contributed by atoms with Gasteiger partial charge in [0.2, 0.25) is 5.91 Å². The van der Waals surface area contributed by atoms with Crippen LogP contribution in [0.25, 0.3) is 0 Å². The molecular formula is C17H14Cl2F3N3O2. The van der Waals surface area contributed by atoms with E-state index in [0.29, 0.717) is 10.6 Å². The number of alkyl halides is 3. The molecule has 0 aliphatic heterocycles. The van der Waals surface area contributed by atoms with Crippen molar-refractivity contribution in [2.45, 2.75) is 18.6 Å². The molecule has 2 aromatic rings. The third-order valence-electron chi connectivity index (χ3n) is 3.53. The Hall–Kier alpha value is -2.45. The molecule has 0 heterocycles. The van der Waals surface area contributed by atoms with Crippen LogP contribution in [0.15, 0.2) is 42.5 Å². The minimum absolute atomic E-state index is 0.0781. The predicted octanol–water partition coefficient (Wildman–Crippen LogP) is 4.75. The van der Waals surface area contributed by atoms with Gasteiger partial charge in [-0.1, -0.05) is 35.3 Å². The molecule has 0 saturated carbocycles. The van der Waals surface area contributed by atoms with Crippen LogP contribution in [0.2, 0.25) is 10.0 Å². The Kier molecular flexibility index (Phi) is 6.56. The summed E-state index contributed by atoms with van der Waals surface area (Å²) >= 11 is 11.4. The van der Waals surface area contributed by atoms with E-state index in [2.05, 4.69) is 10.6 Å². The molecular weight excluding hydrogens is 406 g/mol. The number of anilines is 1. The molecule has 10 heteroatoms. The summed E-state index contributed by atoms with van der Waals surface area (Å²) in [5, 5.41) is 4.74. The van der Waals surface area contributed by atoms with Crippen molar-refractivity contribution in [1.29, 1.82) is 0 Å². The Morgan fingerprint density at radius 3 is 2.26 bits per heavy atom. The van der Waals surface area contributed by atoms with E-state index in [9.17, 15) is 22.8 Å². The van der Waals surface area contributed by atoms with E-state index in [1.807, 2.05) is 0 Å². The molecule has 0 radical (unpaired) electrons. The summed E-state index contributed by atoms with van der Waals surface area (Å²) in [5.74, 6) is -0.626. The third kappa shape index (κ3) is 6.04. The van der Waals surface area contributed by atoms with Gasteiger partial charge in [0, 0.05) is 10.7 Å². The van der Waals surface area contributed by atoms with Gasteiger partial charge in [0.05, 0.1) is 23.0 Å². The number of urea groups is 1. The van der Waals surface area contributed by atoms with E-state index in [4.69, 9.17) is 28.9 Å². The van der Waals surface area contributed by atoms with Crippen LogP contribution >= 0.6 is 23.2 Å². The van der Waals surface area contributed by atoms with Crippen LogP contribution in [-0.4, -0.2) is 11.9 Å². The summed E-state index contributed by atoms with van der Waals surface area (Å²) in [6.45, 7) is 0. The maximum atomic E-state index is 12.9. The first-order valence-electron chi connectivity index (χ1n) is 7.54. The summed E-state index contributed by atoms with van der Waals surface area (Å²) in [6.07, 6.45) is -4.91. The number of nitrogens with one attached hydrogen (secondary N) is 2. The largest absolute Gasteiger partial charge is 0.417 e. The first kappa shape index (κ1) is 20.9. The predicted molar refractivity (Wildman–Crippen MR) is 96.6 cm³/mol. The maximum absolute atomic E-state index is 12.9. The molecule has 0 fully saturated rings. The lowest BCUT2D eigenvalue weighted by atomic mass is 10.0. The highest BCUT2D eigenvalue weighted by Gasteiger charge is 2.33. The zero-order chi connectivity index (χ0) is 20.2. The van der Waals surface area contributed by atoms with Gasteiger partial charge in [-0.2, -0.15) is 13.2 Å². The Morgan fingerprint density at radius 2 is 1.70 bits per heavy atom. The summed E-state index contributed by atoms with van der Waals surface area (Å²) in [7, 11) is 0. The van der Waals surface area contributed by atoms with Crippen LogP contribution < -0.4 is 16.4 Å². The van der Waals surface area contributed by atoms with Crippen LogP contribution in [0.3, 0.4) is 0 Å². The lowest BCUT2D eigenvalue weighted by Crippen LogP contribution is -2.35. The van der Waals surface area contributed by atoms with E-state index >= 15 is 0 Å². The average molecular weight is 420 g/mol. The maximum Gasteiger partial charge on any atom is 0.417 e. The van der Waals surface area contributed by atoms with Gasteiger partial charge in [0.15, 0.2) is 0 Å². The quantitative estimate of drug-likeness (QED) is 0.652. The smallest absolute Gasteiger partial charge is 0.352 e. The van der Waals surface area contributed by atoms with Gasteiger partial charge in [-0.05, 0) is 35.9 Å². The van der Waals surface area contributed by atoms with Crippen molar-refractivity contribution in [2.24, 2.45) is 5.73 Å². The number of nitrogens with two attached hydrogens (primary N) is 1. The van der Waals surface area contributed by atoms with Crippen molar-refractivity contribution < 1.29 is 22.8 Å². The van der Waals surface area contributed by atoms with Crippen LogP contribution in [0.5, 0.6) is 0 Å². The molecule has 0 aliphatic rings. The topological polar surface area (TPSA) is 84.2 Å². The number of carbonyl (C=O) groups excluding carboxylic acids is 2. The molecule has 27 heavy (non-hydrogen) atoms. The highest BCUT2D eigenvalue weighted by atomic mass is 35.5. The number of benzene rings is 2. The Bertz CT molecular complexity index is 842. The van der Waals surface area contributed by atoms with Gasteiger partial charge < -0.3 is 16.4 Å². The van der Waals surface area contributed by atoms with Gasteiger partial charge >= 0.3 is 12.2 Å². The molecule has 3 amide bonds. The molecule has 0 spiro atoms. The molecule has 2 rings (SSSR count). The van der Waals surface area contributed by atoms with E-state index < -0.39 is 34.7 Å². The van der Waals surface area contributed by atoms with E-state index in [0.717, 1.165) is 12.1 Å². The number of carbonyl (C=O) groups is 2. The number of amides is 3. The fraction of sp³-hybridized carbons (Fsp3) is 0.176. The van der Waals surface area contributed by atoms with Gasteiger partial charge in [-0.3, -0.25) is 4.79 Å². The lowest BCUT2D eigenvalue weighted by Gasteiger charge is -2.18. The van der Waals surface area contributed by atoms with Crippen LogP contribution in [-0.2, 0) is 11.0 Å². The van der Waals surface area contributed by atoms with Crippen molar-refractivity contribution in [3.8, 4) is 0 Å². The summed E-state index contributed by atoms with van der Waals surface area (Å²) in [4.78, 5) is 23.4. The SMILES string of the molecule is NC(=O)N[C@@H](CC(=O)Nc1ccc(Cl)c(C(F)(F)F)c1)c1ccc(Cl)cc1. The number of rotatable bonds is 5. The third-order valence-corrected chi connectivity index (χ3v) is 4.12. The van der Waals surface area contributed by atoms with Gasteiger partial charge in [0.25, 0.3) is 0 Å². The fourth-order valence-corrected chi connectivity index (χ4v) is 2.69. The second-order valence-electron chi connectivity index (χ2n) is 5.56. The molecule has 0 saturated heterocycles. The van der Waals surface area contributed by atoms with Crippen molar-refractivity contribution >= 4 is 40.8 Å². The molecule has 0 aromatic heterocycles. The molecule has 0 aliphatic carbocycles. The summed E-state index contributed by atoms with van der Waals surface area (Å²) < 4.78 is 38.7. The van der Waals surface area contributed by atoms with Gasteiger partial charge in [-0.15, -0.1) is 0 Å². The highest BCUT2D eigenvalue weighted by Crippen LogP contribution is 2.36. The van der Waals surface area contributed by atoms with E-state index in [1.54, 1.807) is 24.3 Å². The fourth-order valence-electron chi connectivity index (χ4n) is 2.34. The number of halogens is 5. The lowest BCUT2D eigenvalue weighted by molar-refractivity contribution is -0.137. The Labute approximate surface area is 162 Å². The normalized spacial score (nSPS) is 12.3. The van der Waals surface area contributed by atoms with E-state index in [-0.39, 0.29) is 12.1 Å².